The van der Waals surface area contributed by atoms with Crippen molar-refractivity contribution >= 4 is 5.78 Å². The Morgan fingerprint density at radius 1 is 0.529 bits per heavy atom. The SMILES string of the molecule is O=C1C(F)(F)C(F)(F)C(F)(F)C(F)(F)C1(F)F. The van der Waals surface area contributed by atoms with Crippen LogP contribution in [0.5, 0.6) is 0 Å². The fourth-order valence-electron chi connectivity index (χ4n) is 1.07. The van der Waals surface area contributed by atoms with Crippen molar-refractivity contribution in [2.75, 3.05) is 0 Å². The summed E-state index contributed by atoms with van der Waals surface area (Å²) >= 11 is 0. The molecule has 0 aromatic rings. The molecule has 1 rings (SSSR count). The van der Waals surface area contributed by atoms with Crippen molar-refractivity contribution in [3.63, 3.8) is 0 Å². The molecular formula is C6F10O. The molecule has 0 heterocycles. The van der Waals surface area contributed by atoms with Crippen molar-refractivity contribution in [1.29, 1.82) is 0 Å². The zero-order valence-corrected chi connectivity index (χ0v) is 7.19. The minimum atomic E-state index is -7.07. The third kappa shape index (κ3) is 1.14. The molecule has 0 aliphatic heterocycles. The lowest BCUT2D eigenvalue weighted by atomic mass is 9.82. The molecule has 0 unspecified atom stereocenters. The van der Waals surface area contributed by atoms with Crippen LogP contribution >= 0.6 is 0 Å². The largest absolute Gasteiger partial charge is 0.386 e. The minimum absolute atomic E-state index is 4.24. The van der Waals surface area contributed by atoms with Gasteiger partial charge in [0.1, 0.15) is 0 Å². The average Bonchev–Trinajstić information content (AvgIpc) is 2.13. The molecule has 0 aromatic carbocycles. The predicted octanol–water partition coefficient (Wildman–Crippen LogP) is 2.75. The predicted molar refractivity (Wildman–Crippen MR) is 29.7 cm³/mol. The highest BCUT2D eigenvalue weighted by atomic mass is 19.4. The highest BCUT2D eigenvalue weighted by molar-refractivity contribution is 5.95. The second-order valence-corrected chi connectivity index (χ2v) is 3.20. The van der Waals surface area contributed by atoms with Gasteiger partial charge in [-0.25, -0.2) is 0 Å². The highest BCUT2D eigenvalue weighted by Crippen LogP contribution is 2.62. The lowest BCUT2D eigenvalue weighted by Gasteiger charge is -2.43. The number of hydrogen-bond acceptors (Lipinski definition) is 1. The summed E-state index contributed by atoms with van der Waals surface area (Å²) in [7, 11) is 0. The molecule has 0 spiro atoms. The summed E-state index contributed by atoms with van der Waals surface area (Å²) in [5.41, 5.74) is 0. The first-order chi connectivity index (χ1) is 7.15. The van der Waals surface area contributed by atoms with Gasteiger partial charge in [0.2, 0.25) is 0 Å². The number of ketones is 1. The second-order valence-electron chi connectivity index (χ2n) is 3.20. The molecule has 1 nitrogen and oxygen atoms in total. The van der Waals surface area contributed by atoms with Crippen LogP contribution in [0.1, 0.15) is 0 Å². The van der Waals surface area contributed by atoms with E-state index < -0.39 is 35.4 Å². The van der Waals surface area contributed by atoms with E-state index in [2.05, 4.69) is 0 Å². The van der Waals surface area contributed by atoms with Crippen LogP contribution in [0.4, 0.5) is 43.9 Å². The average molecular weight is 278 g/mol. The third-order valence-electron chi connectivity index (χ3n) is 2.15. The van der Waals surface area contributed by atoms with Gasteiger partial charge in [-0.05, 0) is 0 Å². The zero-order valence-electron chi connectivity index (χ0n) is 7.19. The lowest BCUT2D eigenvalue weighted by molar-refractivity contribution is -0.412. The van der Waals surface area contributed by atoms with Gasteiger partial charge in [-0.15, -0.1) is 0 Å². The van der Waals surface area contributed by atoms with Crippen molar-refractivity contribution < 1.29 is 48.7 Å². The summed E-state index contributed by atoms with van der Waals surface area (Å²) in [5.74, 6) is -38.3. The molecule has 1 aliphatic carbocycles. The molecule has 11 heteroatoms. The Morgan fingerprint density at radius 3 is 1.00 bits per heavy atom. The number of rotatable bonds is 0. The Hall–Kier alpha value is -1.03. The van der Waals surface area contributed by atoms with Gasteiger partial charge in [-0.1, -0.05) is 0 Å². The lowest BCUT2D eigenvalue weighted by Crippen LogP contribution is -2.78. The molecule has 0 aromatic heterocycles. The first-order valence-electron chi connectivity index (χ1n) is 3.59. The van der Waals surface area contributed by atoms with Crippen LogP contribution in [0.25, 0.3) is 0 Å². The Morgan fingerprint density at radius 2 is 0.765 bits per heavy atom. The summed E-state index contributed by atoms with van der Waals surface area (Å²) in [5, 5.41) is 0. The molecule has 0 atom stereocenters. The van der Waals surface area contributed by atoms with E-state index in [1.807, 2.05) is 0 Å². The van der Waals surface area contributed by atoms with Gasteiger partial charge in [0.15, 0.2) is 0 Å². The molecule has 0 N–H and O–H groups in total. The summed E-state index contributed by atoms with van der Waals surface area (Å²) in [6, 6.07) is 0. The van der Waals surface area contributed by atoms with Crippen LogP contribution in [-0.4, -0.2) is 35.4 Å². The van der Waals surface area contributed by atoms with E-state index in [4.69, 9.17) is 0 Å². The van der Waals surface area contributed by atoms with E-state index in [0.717, 1.165) is 0 Å². The number of carbonyl (C=O) groups is 1. The van der Waals surface area contributed by atoms with E-state index in [9.17, 15) is 48.7 Å². The number of alkyl halides is 10. The fourth-order valence-corrected chi connectivity index (χ4v) is 1.07. The second kappa shape index (κ2) is 2.86. The number of carbonyl (C=O) groups excluding carboxylic acids is 1. The van der Waals surface area contributed by atoms with Gasteiger partial charge >= 0.3 is 29.6 Å². The van der Waals surface area contributed by atoms with Gasteiger partial charge in [0, 0.05) is 0 Å². The maximum Gasteiger partial charge on any atom is 0.386 e. The summed E-state index contributed by atoms with van der Waals surface area (Å²) in [6.07, 6.45) is 0. The summed E-state index contributed by atoms with van der Waals surface area (Å²) in [6.45, 7) is 0. The van der Waals surface area contributed by atoms with Crippen LogP contribution in [0.15, 0.2) is 0 Å². The van der Waals surface area contributed by atoms with Crippen molar-refractivity contribution in [1.82, 2.24) is 0 Å². The Balaban J connectivity index is 3.62. The molecule has 1 aliphatic rings. The molecule has 1 fully saturated rings. The van der Waals surface area contributed by atoms with Crippen molar-refractivity contribution in [3.8, 4) is 0 Å². The van der Waals surface area contributed by atoms with Crippen molar-refractivity contribution in [2.45, 2.75) is 29.6 Å². The van der Waals surface area contributed by atoms with Crippen LogP contribution in [0.2, 0.25) is 0 Å². The van der Waals surface area contributed by atoms with Gasteiger partial charge in [-0.3, -0.25) is 4.79 Å². The van der Waals surface area contributed by atoms with Crippen LogP contribution in [0.3, 0.4) is 0 Å². The Bertz CT molecular complexity index is 337. The Kier molecular flexibility index (Phi) is 2.36. The highest BCUT2D eigenvalue weighted by Gasteiger charge is 2.96. The summed E-state index contributed by atoms with van der Waals surface area (Å²) in [4.78, 5) is 10.1. The molecule has 1 saturated carbocycles. The summed E-state index contributed by atoms with van der Waals surface area (Å²) < 4.78 is 123. The van der Waals surface area contributed by atoms with Crippen LogP contribution < -0.4 is 0 Å². The van der Waals surface area contributed by atoms with E-state index >= 15 is 0 Å². The number of halogens is 10. The first-order valence-corrected chi connectivity index (χ1v) is 3.59. The van der Waals surface area contributed by atoms with Gasteiger partial charge in [0.05, 0.1) is 0 Å². The van der Waals surface area contributed by atoms with Gasteiger partial charge in [0.25, 0.3) is 5.78 Å². The van der Waals surface area contributed by atoms with Crippen LogP contribution in [-0.2, 0) is 4.79 Å². The molecule has 0 saturated heterocycles. The maximum absolute atomic E-state index is 12.3. The maximum atomic E-state index is 12.3. The number of hydrogen-bond donors (Lipinski definition) is 0. The molecule has 0 amide bonds. The van der Waals surface area contributed by atoms with Crippen molar-refractivity contribution in [3.05, 3.63) is 0 Å². The van der Waals surface area contributed by atoms with Gasteiger partial charge in [-0.2, -0.15) is 43.9 Å². The van der Waals surface area contributed by atoms with E-state index in [1.54, 1.807) is 0 Å². The first kappa shape index (κ1) is 14.0. The topological polar surface area (TPSA) is 17.1 Å². The van der Waals surface area contributed by atoms with Crippen LogP contribution in [0, 0.1) is 0 Å². The quantitative estimate of drug-likeness (QED) is 0.623. The Labute approximate surface area is 85.4 Å². The minimum Gasteiger partial charge on any atom is -0.286 e. The smallest absolute Gasteiger partial charge is 0.286 e. The third-order valence-corrected chi connectivity index (χ3v) is 2.15. The molecule has 0 radical (unpaired) electrons. The van der Waals surface area contributed by atoms with E-state index in [-0.39, 0.29) is 0 Å². The molecule has 17 heavy (non-hydrogen) atoms. The van der Waals surface area contributed by atoms with Crippen molar-refractivity contribution in [2.24, 2.45) is 0 Å². The van der Waals surface area contributed by atoms with Gasteiger partial charge < -0.3 is 0 Å². The molecule has 100 valence electrons. The standard InChI is InChI=1S/C6F10O/c7-2(8)1(17)3(9,10)5(13,14)6(15,16)4(2,11)12. The monoisotopic (exact) mass is 278 g/mol. The zero-order chi connectivity index (χ0) is 14.1. The number of Topliss-reactive ketones (excluding diaryl/α,β-unsaturated/α-hetero) is 1. The molecule has 0 bridgehead atoms. The molecular weight excluding hydrogens is 278 g/mol. The van der Waals surface area contributed by atoms with E-state index in [1.165, 1.54) is 0 Å². The van der Waals surface area contributed by atoms with E-state index in [0.29, 0.717) is 0 Å². The normalized spacial score (nSPS) is 32.2. The fraction of sp³-hybridized carbons (Fsp3) is 0.833.